The Kier molecular flexibility index (Phi) is 36.8. The third-order valence-corrected chi connectivity index (χ3v) is 10.7. The number of nitrogens with zero attached hydrogens (tertiary/aromatic N) is 1. The summed E-state index contributed by atoms with van der Waals surface area (Å²) in [6.45, 7) is 11.3. The Hall–Kier alpha value is -3.14. The minimum absolute atomic E-state index is 0.0256. The van der Waals surface area contributed by atoms with E-state index in [4.69, 9.17) is 18.9 Å². The molecule has 0 saturated carbocycles. The van der Waals surface area contributed by atoms with Gasteiger partial charge in [0.2, 0.25) is 0 Å². The van der Waals surface area contributed by atoms with Gasteiger partial charge in [-0.05, 0) is 96.6 Å². The highest BCUT2D eigenvalue weighted by molar-refractivity contribution is 5.71. The summed E-state index contributed by atoms with van der Waals surface area (Å²) in [5, 5.41) is 2.85. The molecule has 2 unspecified atom stereocenters. The predicted octanol–water partition coefficient (Wildman–Crippen LogP) is 12.0. The molecule has 10 heteroatoms. The first-order valence-electron chi connectivity index (χ1n) is 24.0. The Balaban J connectivity index is 2.55. The van der Waals surface area contributed by atoms with Crippen LogP contribution in [0.3, 0.4) is 0 Å². The lowest BCUT2D eigenvalue weighted by Crippen LogP contribution is -2.43. The van der Waals surface area contributed by atoms with E-state index in [0.717, 1.165) is 122 Å². The summed E-state index contributed by atoms with van der Waals surface area (Å²) in [4.78, 5) is 53.3. The maximum Gasteiger partial charge on any atom is 0.407 e. The van der Waals surface area contributed by atoms with Crippen LogP contribution in [0.15, 0.2) is 37.0 Å². The molecule has 1 saturated heterocycles. The predicted molar refractivity (Wildman–Crippen MR) is 240 cm³/mol. The number of nitrogens with one attached hydrogen (secondary N) is 1. The largest absolute Gasteiger partial charge is 0.462 e. The number of rotatable bonds is 41. The summed E-state index contributed by atoms with van der Waals surface area (Å²) in [6, 6.07) is 0. The van der Waals surface area contributed by atoms with Crippen molar-refractivity contribution >= 4 is 24.0 Å². The van der Waals surface area contributed by atoms with Crippen LogP contribution >= 0.6 is 0 Å². The average Bonchev–Trinajstić information content (AvgIpc) is 3.21. The van der Waals surface area contributed by atoms with Gasteiger partial charge in [0, 0.05) is 32.4 Å². The zero-order chi connectivity index (χ0) is 42.9. The van der Waals surface area contributed by atoms with Crippen LogP contribution in [-0.2, 0) is 33.3 Å². The summed E-state index contributed by atoms with van der Waals surface area (Å²) in [7, 11) is 0. The van der Waals surface area contributed by atoms with Gasteiger partial charge in [-0.3, -0.25) is 14.4 Å². The van der Waals surface area contributed by atoms with E-state index in [-0.39, 0.29) is 44.4 Å². The molecule has 1 aliphatic heterocycles. The molecule has 1 fully saturated rings. The molecule has 0 aromatic carbocycles. The van der Waals surface area contributed by atoms with Crippen molar-refractivity contribution in [2.45, 2.75) is 212 Å². The van der Waals surface area contributed by atoms with Crippen molar-refractivity contribution in [2.24, 2.45) is 0 Å². The molecular formula is C49H86N2O8. The fourth-order valence-electron chi connectivity index (χ4n) is 6.85. The highest BCUT2D eigenvalue weighted by atomic mass is 16.6. The monoisotopic (exact) mass is 831 g/mol. The van der Waals surface area contributed by atoms with E-state index in [1.54, 1.807) is 0 Å². The normalized spacial score (nSPS) is 13.9. The molecular weight excluding hydrogens is 745 g/mol. The SMILES string of the molecule is C=CCCCCCCCC(=O)OCC(COC(=O)CCCCCCC/C=C\C/C=C\CCCCC)OC(=O)CCC(CCCCCCCC)OC(=O)NCCN1CCC1. The third kappa shape index (κ3) is 35.3. The molecule has 1 aliphatic rings. The van der Waals surface area contributed by atoms with Crippen molar-refractivity contribution in [1.82, 2.24) is 10.2 Å². The number of allylic oxidation sites excluding steroid dienone is 5. The average molecular weight is 831 g/mol. The molecule has 1 N–H and O–H groups in total. The molecule has 340 valence electrons. The smallest absolute Gasteiger partial charge is 0.407 e. The van der Waals surface area contributed by atoms with Gasteiger partial charge in [0.25, 0.3) is 0 Å². The molecule has 0 spiro atoms. The van der Waals surface area contributed by atoms with Gasteiger partial charge in [0.1, 0.15) is 19.3 Å². The number of likely N-dealkylation sites (tertiary alicyclic amines) is 1. The van der Waals surface area contributed by atoms with E-state index in [1.165, 1.54) is 51.4 Å². The van der Waals surface area contributed by atoms with Crippen LogP contribution in [0.25, 0.3) is 0 Å². The number of hydrogen-bond donors (Lipinski definition) is 1. The highest BCUT2D eigenvalue weighted by Gasteiger charge is 2.22. The zero-order valence-corrected chi connectivity index (χ0v) is 37.7. The van der Waals surface area contributed by atoms with Crippen LogP contribution < -0.4 is 5.32 Å². The van der Waals surface area contributed by atoms with Gasteiger partial charge in [-0.2, -0.15) is 0 Å². The minimum atomic E-state index is -0.915. The van der Waals surface area contributed by atoms with E-state index in [1.807, 2.05) is 6.08 Å². The van der Waals surface area contributed by atoms with Gasteiger partial charge < -0.3 is 29.2 Å². The van der Waals surface area contributed by atoms with Gasteiger partial charge in [-0.25, -0.2) is 4.79 Å². The molecule has 1 amide bonds. The summed E-state index contributed by atoms with van der Waals surface area (Å²) in [5.41, 5.74) is 0. The van der Waals surface area contributed by atoms with E-state index >= 15 is 0 Å². The first-order chi connectivity index (χ1) is 28.9. The van der Waals surface area contributed by atoms with Crippen LogP contribution in [0.5, 0.6) is 0 Å². The molecule has 0 aromatic rings. The van der Waals surface area contributed by atoms with Crippen LogP contribution in [0.1, 0.15) is 200 Å². The molecule has 10 nitrogen and oxygen atoms in total. The van der Waals surface area contributed by atoms with E-state index in [0.29, 0.717) is 19.4 Å². The van der Waals surface area contributed by atoms with Gasteiger partial charge in [-0.15, -0.1) is 6.58 Å². The van der Waals surface area contributed by atoms with Crippen LogP contribution in [0, 0.1) is 0 Å². The second-order valence-corrected chi connectivity index (χ2v) is 16.3. The van der Waals surface area contributed by atoms with E-state index in [9.17, 15) is 19.2 Å². The third-order valence-electron chi connectivity index (χ3n) is 10.7. The van der Waals surface area contributed by atoms with E-state index in [2.05, 4.69) is 54.9 Å². The number of carbonyl (C=O) groups excluding carboxylic acids is 4. The van der Waals surface area contributed by atoms with Crippen molar-refractivity contribution in [3.05, 3.63) is 37.0 Å². The molecule has 1 heterocycles. The molecule has 59 heavy (non-hydrogen) atoms. The van der Waals surface area contributed by atoms with Gasteiger partial charge in [0.15, 0.2) is 6.10 Å². The number of carbonyl (C=O) groups is 4. The minimum Gasteiger partial charge on any atom is -0.462 e. The lowest BCUT2D eigenvalue weighted by atomic mass is 10.0. The fourth-order valence-corrected chi connectivity index (χ4v) is 6.85. The number of alkyl carbamates (subject to hydrolysis) is 1. The zero-order valence-electron chi connectivity index (χ0n) is 37.7. The van der Waals surface area contributed by atoms with Crippen molar-refractivity contribution in [3.63, 3.8) is 0 Å². The number of unbranched alkanes of at least 4 members (excludes halogenated alkanes) is 18. The molecule has 0 bridgehead atoms. The molecule has 0 aromatic heterocycles. The van der Waals surface area contributed by atoms with Gasteiger partial charge in [0.05, 0.1) is 0 Å². The first kappa shape index (κ1) is 53.9. The van der Waals surface area contributed by atoms with Gasteiger partial charge in [-0.1, -0.05) is 128 Å². The topological polar surface area (TPSA) is 120 Å². The summed E-state index contributed by atoms with van der Waals surface area (Å²) < 4.78 is 22.5. The van der Waals surface area contributed by atoms with E-state index < -0.39 is 24.3 Å². The standard InChI is InChI=1S/C49H86N2O8/c1-4-7-10-13-16-17-18-19-20-21-22-23-25-28-31-35-47(53)57-43-45(42-56-46(52)34-30-27-24-14-11-8-5-2)58-48(54)37-36-44(33-29-26-15-12-9-6-3)59-49(55)50-38-41-51-39-32-40-51/h5,16-17,19-20,44-45H,2,4,6-15,18,21-43H2,1,3H3,(H,50,55)/b17-16-,20-19-. The van der Waals surface area contributed by atoms with Crippen LogP contribution in [-0.4, -0.2) is 80.5 Å². The number of amides is 1. The maximum absolute atomic E-state index is 13.1. The highest BCUT2D eigenvalue weighted by Crippen LogP contribution is 2.17. The molecule has 0 aliphatic carbocycles. The summed E-state index contributed by atoms with van der Waals surface area (Å²) in [5.74, 6) is -1.22. The first-order valence-corrected chi connectivity index (χ1v) is 24.0. The van der Waals surface area contributed by atoms with Crippen molar-refractivity contribution < 1.29 is 38.1 Å². The number of ether oxygens (including phenoxy) is 4. The summed E-state index contributed by atoms with van der Waals surface area (Å²) >= 11 is 0. The number of hydrogen-bond acceptors (Lipinski definition) is 9. The van der Waals surface area contributed by atoms with Crippen LogP contribution in [0.4, 0.5) is 4.79 Å². The molecule has 1 rings (SSSR count). The lowest BCUT2D eigenvalue weighted by molar-refractivity contribution is -0.167. The second-order valence-electron chi connectivity index (χ2n) is 16.3. The molecule has 0 radical (unpaired) electrons. The van der Waals surface area contributed by atoms with Crippen molar-refractivity contribution in [3.8, 4) is 0 Å². The fraction of sp³-hybridized carbons (Fsp3) is 0.796. The Morgan fingerprint density at radius 2 is 1.10 bits per heavy atom. The van der Waals surface area contributed by atoms with Crippen LogP contribution in [0.2, 0.25) is 0 Å². The lowest BCUT2D eigenvalue weighted by Gasteiger charge is -2.30. The summed E-state index contributed by atoms with van der Waals surface area (Å²) in [6.07, 6.45) is 36.6. The number of esters is 3. The quantitative estimate of drug-likeness (QED) is 0.0278. The Labute approximate surface area is 360 Å². The van der Waals surface area contributed by atoms with Gasteiger partial charge >= 0.3 is 24.0 Å². The van der Waals surface area contributed by atoms with Crippen molar-refractivity contribution in [2.75, 3.05) is 39.4 Å². The second kappa shape index (κ2) is 40.3. The Bertz CT molecular complexity index is 1120. The maximum atomic E-state index is 13.1. The Morgan fingerprint density at radius 3 is 1.68 bits per heavy atom. The van der Waals surface area contributed by atoms with Crippen molar-refractivity contribution in [1.29, 1.82) is 0 Å². The molecule has 2 atom stereocenters. The Morgan fingerprint density at radius 1 is 0.576 bits per heavy atom.